The molecule has 1 aliphatic rings. The van der Waals surface area contributed by atoms with Crippen molar-refractivity contribution >= 4 is 21.6 Å². The predicted molar refractivity (Wildman–Crippen MR) is 104 cm³/mol. The van der Waals surface area contributed by atoms with E-state index >= 15 is 0 Å². The summed E-state index contributed by atoms with van der Waals surface area (Å²) in [6.07, 6.45) is 3.21. The molecule has 7 heteroatoms. The number of hydrogen-bond donors (Lipinski definition) is 2. The molecule has 0 amide bonds. The highest BCUT2D eigenvalue weighted by atomic mass is 32.2. The Morgan fingerprint density at radius 3 is 2.60 bits per heavy atom. The van der Waals surface area contributed by atoms with Crippen LogP contribution in [-0.2, 0) is 10.0 Å². The Bertz CT molecular complexity index is 699. The number of nitrogens with one attached hydrogen (secondary N) is 2. The Labute approximate surface area is 151 Å². The third kappa shape index (κ3) is 6.17. The molecule has 25 heavy (non-hydrogen) atoms. The monoisotopic (exact) mass is 364 g/mol. The molecule has 2 N–H and O–H groups in total. The van der Waals surface area contributed by atoms with Crippen LogP contribution in [0.3, 0.4) is 0 Å². The van der Waals surface area contributed by atoms with E-state index in [4.69, 9.17) is 0 Å². The molecule has 0 atom stereocenters. The van der Waals surface area contributed by atoms with Gasteiger partial charge in [0.05, 0.1) is 12.3 Å². The number of aliphatic imine (C=N–C) groups is 1. The van der Waals surface area contributed by atoms with Crippen molar-refractivity contribution in [3.8, 4) is 0 Å². The number of guanidine groups is 1. The fourth-order valence-corrected chi connectivity index (χ4v) is 3.27. The largest absolute Gasteiger partial charge is 0.357 e. The molecule has 0 fully saturated rings. The Balaban J connectivity index is 1.94. The van der Waals surface area contributed by atoms with Gasteiger partial charge in [-0.25, -0.2) is 13.1 Å². The van der Waals surface area contributed by atoms with Crippen LogP contribution in [0.1, 0.15) is 25.8 Å². The van der Waals surface area contributed by atoms with E-state index in [0.29, 0.717) is 13.1 Å². The quantitative estimate of drug-likeness (QED) is 0.439. The topological polar surface area (TPSA) is 73.8 Å². The van der Waals surface area contributed by atoms with Gasteiger partial charge in [-0.05, 0) is 31.4 Å². The number of sulfonamides is 1. The van der Waals surface area contributed by atoms with Crippen LogP contribution < -0.4 is 10.0 Å². The van der Waals surface area contributed by atoms with Crippen molar-refractivity contribution in [1.29, 1.82) is 0 Å². The predicted octanol–water partition coefficient (Wildman–Crippen LogP) is 1.68. The molecule has 0 radical (unpaired) electrons. The highest BCUT2D eigenvalue weighted by Crippen LogP contribution is 2.21. The summed E-state index contributed by atoms with van der Waals surface area (Å²) in [7, 11) is -3.16. The first kappa shape index (κ1) is 19.5. The van der Waals surface area contributed by atoms with Gasteiger partial charge in [-0.15, -0.1) is 0 Å². The van der Waals surface area contributed by atoms with Crippen molar-refractivity contribution < 1.29 is 8.42 Å². The molecule has 0 aliphatic carbocycles. The van der Waals surface area contributed by atoms with E-state index in [1.165, 1.54) is 11.1 Å². The zero-order valence-electron chi connectivity index (χ0n) is 15.0. The Hall–Kier alpha value is -1.86. The lowest BCUT2D eigenvalue weighted by Crippen LogP contribution is -2.44. The normalized spacial score (nSPS) is 15.8. The number of hydrogen-bond acceptors (Lipinski definition) is 3. The standard InChI is InChI=1S/C18H28N4O2S/c1-3-19-18(20-12-13-21-25(23,24)4-2)22-14-10-17(11-15-22)16-8-6-5-7-9-16/h5-10,21H,3-4,11-15H2,1-2H3,(H,19,20). The minimum absolute atomic E-state index is 0.0932. The van der Waals surface area contributed by atoms with E-state index in [1.54, 1.807) is 6.92 Å². The van der Waals surface area contributed by atoms with Crippen molar-refractivity contribution in [2.75, 3.05) is 38.5 Å². The van der Waals surface area contributed by atoms with Crippen LogP contribution in [0, 0.1) is 0 Å². The van der Waals surface area contributed by atoms with E-state index in [-0.39, 0.29) is 5.75 Å². The van der Waals surface area contributed by atoms with E-state index in [1.807, 2.05) is 13.0 Å². The summed E-state index contributed by atoms with van der Waals surface area (Å²) in [5.41, 5.74) is 2.64. The molecule has 1 aromatic carbocycles. The average Bonchev–Trinajstić information content (AvgIpc) is 2.65. The summed E-state index contributed by atoms with van der Waals surface area (Å²) >= 11 is 0. The zero-order valence-corrected chi connectivity index (χ0v) is 15.8. The number of benzene rings is 1. The fraction of sp³-hybridized carbons (Fsp3) is 0.500. The molecule has 0 saturated carbocycles. The Morgan fingerprint density at radius 2 is 2.00 bits per heavy atom. The lowest BCUT2D eigenvalue weighted by atomic mass is 10.00. The first-order valence-electron chi connectivity index (χ1n) is 8.80. The van der Waals surface area contributed by atoms with E-state index in [0.717, 1.165) is 32.0 Å². The summed E-state index contributed by atoms with van der Waals surface area (Å²) in [5, 5.41) is 3.29. The van der Waals surface area contributed by atoms with Gasteiger partial charge in [0.25, 0.3) is 0 Å². The van der Waals surface area contributed by atoms with Gasteiger partial charge < -0.3 is 10.2 Å². The molecule has 138 valence electrons. The van der Waals surface area contributed by atoms with Gasteiger partial charge in [0.15, 0.2) is 5.96 Å². The van der Waals surface area contributed by atoms with Gasteiger partial charge in [0, 0.05) is 26.2 Å². The molecule has 0 saturated heterocycles. The fourth-order valence-electron chi connectivity index (χ4n) is 2.67. The second-order valence-corrected chi connectivity index (χ2v) is 7.92. The maximum Gasteiger partial charge on any atom is 0.211 e. The first-order valence-corrected chi connectivity index (χ1v) is 10.5. The van der Waals surface area contributed by atoms with Crippen LogP contribution in [0.4, 0.5) is 0 Å². The van der Waals surface area contributed by atoms with Crippen LogP contribution in [-0.4, -0.2) is 57.8 Å². The molecule has 0 aromatic heterocycles. The lowest BCUT2D eigenvalue weighted by Gasteiger charge is -2.30. The second kappa shape index (κ2) is 9.58. The van der Waals surface area contributed by atoms with E-state index < -0.39 is 10.0 Å². The van der Waals surface area contributed by atoms with Crippen LogP contribution in [0.15, 0.2) is 41.4 Å². The van der Waals surface area contributed by atoms with Gasteiger partial charge in [-0.3, -0.25) is 4.99 Å². The van der Waals surface area contributed by atoms with Gasteiger partial charge >= 0.3 is 0 Å². The molecular weight excluding hydrogens is 336 g/mol. The maximum absolute atomic E-state index is 11.4. The minimum atomic E-state index is -3.16. The second-order valence-electron chi connectivity index (χ2n) is 5.82. The molecule has 1 heterocycles. The third-order valence-electron chi connectivity index (χ3n) is 4.06. The van der Waals surface area contributed by atoms with Gasteiger partial charge in [0.1, 0.15) is 0 Å². The maximum atomic E-state index is 11.4. The van der Waals surface area contributed by atoms with E-state index in [2.05, 4.69) is 50.3 Å². The lowest BCUT2D eigenvalue weighted by molar-refractivity contribution is 0.440. The van der Waals surface area contributed by atoms with Crippen LogP contribution in [0.2, 0.25) is 0 Å². The highest BCUT2D eigenvalue weighted by Gasteiger charge is 2.16. The number of nitrogens with zero attached hydrogens (tertiary/aromatic N) is 2. The van der Waals surface area contributed by atoms with Crippen molar-refractivity contribution in [1.82, 2.24) is 14.9 Å². The summed E-state index contributed by atoms with van der Waals surface area (Å²) < 4.78 is 25.4. The average molecular weight is 365 g/mol. The molecule has 2 rings (SSSR count). The number of rotatable bonds is 7. The van der Waals surface area contributed by atoms with Crippen molar-refractivity contribution in [3.63, 3.8) is 0 Å². The van der Waals surface area contributed by atoms with Crippen LogP contribution >= 0.6 is 0 Å². The van der Waals surface area contributed by atoms with Crippen molar-refractivity contribution in [3.05, 3.63) is 42.0 Å². The molecule has 0 spiro atoms. The summed E-state index contributed by atoms with van der Waals surface area (Å²) in [5.74, 6) is 0.928. The Morgan fingerprint density at radius 1 is 1.24 bits per heavy atom. The SMILES string of the molecule is CCNC(=NCCNS(=O)(=O)CC)N1CC=C(c2ccccc2)CC1. The van der Waals surface area contributed by atoms with Gasteiger partial charge in [0.2, 0.25) is 10.0 Å². The molecule has 1 aliphatic heterocycles. The summed E-state index contributed by atoms with van der Waals surface area (Å²) in [6.45, 7) is 6.89. The zero-order chi connectivity index (χ0) is 18.1. The van der Waals surface area contributed by atoms with Crippen molar-refractivity contribution in [2.24, 2.45) is 4.99 Å². The van der Waals surface area contributed by atoms with Crippen LogP contribution in [0.5, 0.6) is 0 Å². The smallest absolute Gasteiger partial charge is 0.211 e. The third-order valence-corrected chi connectivity index (χ3v) is 5.47. The highest BCUT2D eigenvalue weighted by molar-refractivity contribution is 7.89. The molecule has 6 nitrogen and oxygen atoms in total. The van der Waals surface area contributed by atoms with E-state index in [9.17, 15) is 8.42 Å². The Kier molecular flexibility index (Phi) is 7.46. The van der Waals surface area contributed by atoms with Crippen molar-refractivity contribution in [2.45, 2.75) is 20.3 Å². The van der Waals surface area contributed by atoms with Gasteiger partial charge in [-0.2, -0.15) is 0 Å². The minimum Gasteiger partial charge on any atom is -0.357 e. The summed E-state index contributed by atoms with van der Waals surface area (Å²) in [4.78, 5) is 6.75. The molecule has 1 aromatic rings. The molecule has 0 unspecified atom stereocenters. The first-order chi connectivity index (χ1) is 12.1. The van der Waals surface area contributed by atoms with Crippen LogP contribution in [0.25, 0.3) is 5.57 Å². The van der Waals surface area contributed by atoms with Gasteiger partial charge in [-0.1, -0.05) is 36.4 Å². The summed E-state index contributed by atoms with van der Waals surface area (Å²) in [6, 6.07) is 10.4. The molecular formula is C18H28N4O2S. The molecule has 0 bridgehead atoms.